The Morgan fingerprint density at radius 1 is 1.38 bits per heavy atom. The number of hydrogen-bond donors (Lipinski definition) is 3. The van der Waals surface area contributed by atoms with Gasteiger partial charge in [0.25, 0.3) is 5.91 Å². The summed E-state index contributed by atoms with van der Waals surface area (Å²) in [5.74, 6) is -0.180. The summed E-state index contributed by atoms with van der Waals surface area (Å²) in [5.41, 5.74) is 6.37. The number of benzene rings is 1. The van der Waals surface area contributed by atoms with Gasteiger partial charge >= 0.3 is 0 Å². The number of carbonyl (C=O) groups excluding carboxylic acids is 1. The Kier molecular flexibility index (Phi) is 3.22. The van der Waals surface area contributed by atoms with Crippen LogP contribution in [0.15, 0.2) is 24.3 Å². The maximum absolute atomic E-state index is 11.2. The molecule has 0 aliphatic heterocycles. The number of hydrogen-bond acceptors (Lipinski definition) is 3. The molecule has 5 heteroatoms. The molecule has 0 atom stereocenters. The third kappa shape index (κ3) is 2.72. The van der Waals surface area contributed by atoms with Crippen molar-refractivity contribution in [3.05, 3.63) is 29.8 Å². The fourth-order valence-corrected chi connectivity index (χ4v) is 0.839. The van der Waals surface area contributed by atoms with Crippen molar-refractivity contribution in [1.82, 2.24) is 10.9 Å². The summed E-state index contributed by atoms with van der Waals surface area (Å²) in [6, 6.07) is 5.89. The molecule has 13 heavy (non-hydrogen) atoms. The molecule has 0 aliphatic rings. The zero-order chi connectivity index (χ0) is 9.68. The van der Waals surface area contributed by atoms with Gasteiger partial charge in [0, 0.05) is 5.56 Å². The van der Waals surface area contributed by atoms with E-state index in [4.69, 9.17) is 5.11 Å². The summed E-state index contributed by atoms with van der Waals surface area (Å²) in [6.07, 6.45) is 0. The maximum atomic E-state index is 11.2. The normalized spacial score (nSPS) is 8.92. The third-order valence-corrected chi connectivity index (χ3v) is 1.49. The molecule has 68 valence electrons. The Labute approximate surface area is 80.5 Å². The lowest BCUT2D eigenvalue weighted by Gasteiger charge is -2.02. The predicted octanol–water partition coefficient (Wildman–Crippen LogP) is 0.584. The average Bonchev–Trinajstić information content (AvgIpc) is 2.15. The van der Waals surface area contributed by atoms with Crippen LogP contribution in [0.2, 0.25) is 0 Å². The average molecular weight is 196 g/mol. The first-order chi connectivity index (χ1) is 6.24. The van der Waals surface area contributed by atoms with Crippen LogP contribution in [0.1, 0.15) is 10.4 Å². The van der Waals surface area contributed by atoms with E-state index in [2.05, 4.69) is 23.1 Å². The lowest BCUT2D eigenvalue weighted by molar-refractivity contribution is 0.0945. The molecular formula is C8H8N2O2S. The number of rotatable bonds is 3. The lowest BCUT2D eigenvalue weighted by Crippen LogP contribution is -2.35. The van der Waals surface area contributed by atoms with Gasteiger partial charge in [0.1, 0.15) is 5.75 Å². The van der Waals surface area contributed by atoms with Crippen LogP contribution in [0, 0.1) is 0 Å². The first-order valence-electron chi connectivity index (χ1n) is 3.52. The van der Waals surface area contributed by atoms with E-state index in [1.165, 1.54) is 29.8 Å². The van der Waals surface area contributed by atoms with Gasteiger partial charge < -0.3 is 5.11 Å². The van der Waals surface area contributed by atoms with Crippen LogP contribution in [0.4, 0.5) is 0 Å². The van der Waals surface area contributed by atoms with Gasteiger partial charge in [-0.05, 0) is 24.3 Å². The Hall–Kier alpha value is -1.62. The number of aromatic hydroxyl groups is 1. The molecular weight excluding hydrogens is 188 g/mol. The van der Waals surface area contributed by atoms with Crippen LogP contribution in [0.5, 0.6) is 5.75 Å². The van der Waals surface area contributed by atoms with E-state index in [1.807, 2.05) is 0 Å². The van der Waals surface area contributed by atoms with Gasteiger partial charge in [-0.1, -0.05) is 12.2 Å². The molecule has 1 aromatic carbocycles. The van der Waals surface area contributed by atoms with Crippen molar-refractivity contribution >= 4 is 23.6 Å². The number of phenolic OH excluding ortho intramolecular Hbond substituents is 1. The van der Waals surface area contributed by atoms with E-state index in [0.29, 0.717) is 5.56 Å². The molecule has 0 radical (unpaired) electrons. The number of amides is 1. The molecule has 1 amide bonds. The van der Waals surface area contributed by atoms with Crippen LogP contribution in [-0.4, -0.2) is 16.5 Å². The molecule has 0 aliphatic carbocycles. The zero-order valence-electron chi connectivity index (χ0n) is 6.65. The number of thiocarbonyl (C=S) groups is 1. The number of nitrogens with one attached hydrogen (secondary N) is 2. The Balaban J connectivity index is 2.66. The van der Waals surface area contributed by atoms with Crippen molar-refractivity contribution in [1.29, 1.82) is 0 Å². The molecule has 0 heterocycles. The van der Waals surface area contributed by atoms with Gasteiger partial charge in [0.2, 0.25) is 0 Å². The van der Waals surface area contributed by atoms with E-state index >= 15 is 0 Å². The van der Waals surface area contributed by atoms with E-state index in [9.17, 15) is 4.79 Å². The van der Waals surface area contributed by atoms with Gasteiger partial charge in [-0.25, -0.2) is 0 Å². The van der Waals surface area contributed by atoms with Crippen molar-refractivity contribution in [2.24, 2.45) is 0 Å². The molecule has 4 nitrogen and oxygen atoms in total. The standard InChI is InChI=1S/C8H8N2O2S/c11-7-3-1-6(2-4-7)8(12)10-9-5-13/h1-5,11H,(H,9,13)(H,10,12). The van der Waals surface area contributed by atoms with Crippen LogP contribution < -0.4 is 10.9 Å². The van der Waals surface area contributed by atoms with Gasteiger partial charge in [0.05, 0.1) is 5.49 Å². The third-order valence-electron chi connectivity index (χ3n) is 1.37. The van der Waals surface area contributed by atoms with E-state index in [1.54, 1.807) is 0 Å². The summed E-state index contributed by atoms with van der Waals surface area (Å²) in [5, 5.41) is 8.94. The lowest BCUT2D eigenvalue weighted by atomic mass is 10.2. The highest BCUT2D eigenvalue weighted by molar-refractivity contribution is 7.78. The minimum absolute atomic E-state index is 0.124. The summed E-state index contributed by atoms with van der Waals surface area (Å²) in [6.45, 7) is 0. The van der Waals surface area contributed by atoms with Crippen molar-refractivity contribution in [2.75, 3.05) is 0 Å². The van der Waals surface area contributed by atoms with Gasteiger partial charge in [-0.15, -0.1) is 0 Å². The molecule has 0 unspecified atom stereocenters. The molecule has 1 rings (SSSR count). The number of carbonyl (C=O) groups is 1. The second-order valence-corrected chi connectivity index (χ2v) is 2.50. The molecule has 0 fully saturated rings. The molecule has 0 spiro atoms. The molecule has 0 saturated heterocycles. The molecule has 0 bridgehead atoms. The second-order valence-electron chi connectivity index (χ2n) is 2.26. The largest absolute Gasteiger partial charge is 0.508 e. The monoisotopic (exact) mass is 196 g/mol. The molecule has 0 saturated carbocycles. The molecule has 1 aromatic rings. The Bertz CT molecular complexity index is 310. The topological polar surface area (TPSA) is 61.4 Å². The quantitative estimate of drug-likeness (QED) is 0.489. The van der Waals surface area contributed by atoms with Gasteiger partial charge in [-0.2, -0.15) is 0 Å². The SMILES string of the molecule is O=C(NNC=S)c1ccc(O)cc1. The fraction of sp³-hybridized carbons (Fsp3) is 0. The van der Waals surface area contributed by atoms with Gasteiger partial charge in [0.15, 0.2) is 0 Å². The molecule has 3 N–H and O–H groups in total. The summed E-state index contributed by atoms with van der Waals surface area (Å²) < 4.78 is 0. The Morgan fingerprint density at radius 2 is 2.00 bits per heavy atom. The highest BCUT2D eigenvalue weighted by atomic mass is 32.1. The zero-order valence-corrected chi connectivity index (χ0v) is 7.47. The van der Waals surface area contributed by atoms with Crippen molar-refractivity contribution in [3.8, 4) is 5.75 Å². The van der Waals surface area contributed by atoms with E-state index < -0.39 is 0 Å². The van der Waals surface area contributed by atoms with Crippen LogP contribution >= 0.6 is 12.2 Å². The molecule has 0 aromatic heterocycles. The van der Waals surface area contributed by atoms with Crippen molar-refractivity contribution in [3.63, 3.8) is 0 Å². The van der Waals surface area contributed by atoms with Crippen LogP contribution in [-0.2, 0) is 0 Å². The minimum atomic E-state index is -0.305. The van der Waals surface area contributed by atoms with Crippen LogP contribution in [0.3, 0.4) is 0 Å². The predicted molar refractivity (Wildman–Crippen MR) is 52.4 cm³/mol. The summed E-state index contributed by atoms with van der Waals surface area (Å²) >= 11 is 4.45. The first kappa shape index (κ1) is 9.47. The van der Waals surface area contributed by atoms with Gasteiger partial charge in [-0.3, -0.25) is 15.6 Å². The summed E-state index contributed by atoms with van der Waals surface area (Å²) in [7, 11) is 0. The first-order valence-corrected chi connectivity index (χ1v) is 3.99. The van der Waals surface area contributed by atoms with E-state index in [-0.39, 0.29) is 11.7 Å². The summed E-state index contributed by atoms with van der Waals surface area (Å²) in [4.78, 5) is 11.2. The number of phenols is 1. The minimum Gasteiger partial charge on any atom is -0.508 e. The fourth-order valence-electron chi connectivity index (χ4n) is 0.780. The van der Waals surface area contributed by atoms with E-state index in [0.717, 1.165) is 0 Å². The second kappa shape index (κ2) is 4.42. The highest BCUT2D eigenvalue weighted by Crippen LogP contribution is 2.08. The maximum Gasteiger partial charge on any atom is 0.269 e. The van der Waals surface area contributed by atoms with Crippen molar-refractivity contribution < 1.29 is 9.90 Å². The van der Waals surface area contributed by atoms with Crippen LogP contribution in [0.25, 0.3) is 0 Å². The Morgan fingerprint density at radius 3 is 2.54 bits per heavy atom. The van der Waals surface area contributed by atoms with Crippen molar-refractivity contribution in [2.45, 2.75) is 0 Å². The smallest absolute Gasteiger partial charge is 0.269 e. The number of hydrazine groups is 1. The highest BCUT2D eigenvalue weighted by Gasteiger charge is 2.02.